The maximum atomic E-state index is 6.29. The second-order valence-electron chi connectivity index (χ2n) is 4.92. The van der Waals surface area contributed by atoms with Crippen LogP contribution in [0.3, 0.4) is 0 Å². The van der Waals surface area contributed by atoms with Crippen LogP contribution in [0.2, 0.25) is 0 Å². The third-order valence-corrected chi connectivity index (χ3v) is 3.73. The van der Waals surface area contributed by atoms with E-state index < -0.39 is 0 Å². The van der Waals surface area contributed by atoms with Crippen LogP contribution in [0.25, 0.3) is 0 Å². The van der Waals surface area contributed by atoms with Crippen LogP contribution < -0.4 is 10.5 Å². The molecule has 0 spiro atoms. The first-order valence-corrected chi connectivity index (χ1v) is 6.29. The van der Waals surface area contributed by atoms with Crippen LogP contribution in [0.5, 0.6) is 5.75 Å². The van der Waals surface area contributed by atoms with Crippen molar-refractivity contribution in [3.63, 3.8) is 0 Å². The first-order valence-electron chi connectivity index (χ1n) is 6.29. The van der Waals surface area contributed by atoms with Crippen molar-refractivity contribution < 1.29 is 4.74 Å². The summed E-state index contributed by atoms with van der Waals surface area (Å²) in [5.74, 6) is 1.39. The van der Waals surface area contributed by atoms with Crippen molar-refractivity contribution in [2.75, 3.05) is 27.2 Å². The van der Waals surface area contributed by atoms with Crippen molar-refractivity contribution in [3.8, 4) is 5.75 Å². The van der Waals surface area contributed by atoms with Crippen LogP contribution in [0.4, 0.5) is 0 Å². The predicted molar refractivity (Wildman–Crippen MR) is 70.4 cm³/mol. The van der Waals surface area contributed by atoms with Gasteiger partial charge >= 0.3 is 0 Å². The number of methoxy groups -OCH3 is 1. The summed E-state index contributed by atoms with van der Waals surface area (Å²) in [6, 6.07) is 8.62. The molecular formula is C14H22N2O. The monoisotopic (exact) mass is 234 g/mol. The lowest BCUT2D eigenvalue weighted by molar-refractivity contribution is 0.346. The standard InChI is InChI=1S/C14H22N2O/c1-16-9-7-13(14(15)8-10-16)11-3-5-12(17-2)6-4-11/h3-6,13-14H,7-10,15H2,1-2H3. The van der Waals surface area contributed by atoms with Crippen LogP contribution in [0, 0.1) is 0 Å². The Labute approximate surface area is 104 Å². The smallest absolute Gasteiger partial charge is 0.118 e. The van der Waals surface area contributed by atoms with Crippen LogP contribution in [0.15, 0.2) is 24.3 Å². The molecule has 0 amide bonds. The van der Waals surface area contributed by atoms with Gasteiger partial charge in [0.05, 0.1) is 7.11 Å². The van der Waals surface area contributed by atoms with E-state index in [1.807, 2.05) is 12.1 Å². The molecule has 0 aromatic heterocycles. The van der Waals surface area contributed by atoms with Gasteiger partial charge in [-0.15, -0.1) is 0 Å². The lowest BCUT2D eigenvalue weighted by Gasteiger charge is -2.21. The molecule has 17 heavy (non-hydrogen) atoms. The fourth-order valence-corrected chi connectivity index (χ4v) is 2.52. The molecule has 3 nitrogen and oxygen atoms in total. The third-order valence-electron chi connectivity index (χ3n) is 3.73. The minimum atomic E-state index is 0.272. The second-order valence-corrected chi connectivity index (χ2v) is 4.92. The Morgan fingerprint density at radius 3 is 2.47 bits per heavy atom. The number of nitrogens with zero attached hydrogens (tertiary/aromatic N) is 1. The van der Waals surface area contributed by atoms with Gasteiger partial charge in [0.2, 0.25) is 0 Å². The molecule has 0 saturated carbocycles. The van der Waals surface area contributed by atoms with Gasteiger partial charge in [-0.2, -0.15) is 0 Å². The quantitative estimate of drug-likeness (QED) is 0.848. The summed E-state index contributed by atoms with van der Waals surface area (Å²) in [5, 5.41) is 0. The number of rotatable bonds is 2. The molecule has 0 radical (unpaired) electrons. The molecule has 1 heterocycles. The van der Waals surface area contributed by atoms with Crippen molar-refractivity contribution in [3.05, 3.63) is 29.8 Å². The van der Waals surface area contributed by atoms with Crippen LogP contribution >= 0.6 is 0 Å². The summed E-state index contributed by atoms with van der Waals surface area (Å²) in [7, 11) is 3.87. The van der Waals surface area contributed by atoms with E-state index in [2.05, 4.69) is 24.1 Å². The van der Waals surface area contributed by atoms with Crippen molar-refractivity contribution in [2.24, 2.45) is 5.73 Å². The van der Waals surface area contributed by atoms with Gasteiger partial charge < -0.3 is 15.4 Å². The molecule has 1 aliphatic rings. The number of benzene rings is 1. The molecule has 1 aromatic rings. The lowest BCUT2D eigenvalue weighted by atomic mass is 9.88. The molecule has 94 valence electrons. The summed E-state index contributed by atoms with van der Waals surface area (Å²) in [6.45, 7) is 2.23. The van der Waals surface area contributed by atoms with E-state index in [-0.39, 0.29) is 6.04 Å². The van der Waals surface area contributed by atoms with Gasteiger partial charge in [0.1, 0.15) is 5.75 Å². The first-order chi connectivity index (χ1) is 8.20. The van der Waals surface area contributed by atoms with Crippen LogP contribution in [-0.4, -0.2) is 38.2 Å². The van der Waals surface area contributed by atoms with E-state index >= 15 is 0 Å². The van der Waals surface area contributed by atoms with Crippen LogP contribution in [0.1, 0.15) is 24.3 Å². The van der Waals surface area contributed by atoms with E-state index in [4.69, 9.17) is 10.5 Å². The topological polar surface area (TPSA) is 38.5 Å². The molecule has 0 bridgehead atoms. The summed E-state index contributed by atoms with van der Waals surface area (Å²) in [6.07, 6.45) is 2.22. The van der Waals surface area contributed by atoms with Gasteiger partial charge in [-0.25, -0.2) is 0 Å². The van der Waals surface area contributed by atoms with Crippen molar-refractivity contribution in [1.29, 1.82) is 0 Å². The van der Waals surface area contributed by atoms with E-state index in [9.17, 15) is 0 Å². The maximum Gasteiger partial charge on any atom is 0.118 e. The normalized spacial score (nSPS) is 26.5. The highest BCUT2D eigenvalue weighted by Gasteiger charge is 2.23. The summed E-state index contributed by atoms with van der Waals surface area (Å²) in [4.78, 5) is 2.36. The molecule has 1 saturated heterocycles. The summed E-state index contributed by atoms with van der Waals surface area (Å²) in [5.41, 5.74) is 7.63. The van der Waals surface area contributed by atoms with Crippen molar-refractivity contribution >= 4 is 0 Å². The Balaban J connectivity index is 2.13. The van der Waals surface area contributed by atoms with E-state index in [0.717, 1.165) is 31.7 Å². The Bertz CT molecular complexity index is 350. The van der Waals surface area contributed by atoms with E-state index in [1.54, 1.807) is 7.11 Å². The van der Waals surface area contributed by atoms with E-state index in [0.29, 0.717) is 5.92 Å². The van der Waals surface area contributed by atoms with Crippen molar-refractivity contribution in [2.45, 2.75) is 24.8 Å². The maximum absolute atomic E-state index is 6.29. The van der Waals surface area contributed by atoms with Gasteiger partial charge in [-0.05, 0) is 50.7 Å². The molecule has 1 aromatic carbocycles. The van der Waals surface area contributed by atoms with Crippen molar-refractivity contribution in [1.82, 2.24) is 4.90 Å². The molecule has 2 N–H and O–H groups in total. The Kier molecular flexibility index (Phi) is 4.02. The van der Waals surface area contributed by atoms with E-state index in [1.165, 1.54) is 5.56 Å². The Hall–Kier alpha value is -1.06. The number of hydrogen-bond acceptors (Lipinski definition) is 3. The Morgan fingerprint density at radius 2 is 1.82 bits per heavy atom. The zero-order valence-corrected chi connectivity index (χ0v) is 10.7. The third kappa shape index (κ3) is 2.99. The first kappa shape index (κ1) is 12.4. The van der Waals surface area contributed by atoms with Gasteiger partial charge in [0.15, 0.2) is 0 Å². The molecule has 0 aliphatic carbocycles. The predicted octanol–water partition coefficient (Wildman–Crippen LogP) is 1.83. The molecule has 2 rings (SSSR count). The SMILES string of the molecule is COc1ccc(C2CCN(C)CCC2N)cc1. The Morgan fingerprint density at radius 1 is 1.18 bits per heavy atom. The largest absolute Gasteiger partial charge is 0.497 e. The average molecular weight is 234 g/mol. The lowest BCUT2D eigenvalue weighted by Crippen LogP contribution is -2.28. The molecule has 1 aliphatic heterocycles. The molecule has 3 heteroatoms. The molecule has 2 atom stereocenters. The molecular weight excluding hydrogens is 212 g/mol. The highest BCUT2D eigenvalue weighted by molar-refractivity contribution is 5.30. The molecule has 1 fully saturated rings. The van der Waals surface area contributed by atoms with Gasteiger partial charge in [-0.3, -0.25) is 0 Å². The van der Waals surface area contributed by atoms with Gasteiger partial charge in [0.25, 0.3) is 0 Å². The highest BCUT2D eigenvalue weighted by atomic mass is 16.5. The van der Waals surface area contributed by atoms with Gasteiger partial charge in [0, 0.05) is 12.0 Å². The fraction of sp³-hybridized carbons (Fsp3) is 0.571. The summed E-state index contributed by atoms with van der Waals surface area (Å²) >= 11 is 0. The average Bonchev–Trinajstić information content (AvgIpc) is 2.52. The summed E-state index contributed by atoms with van der Waals surface area (Å²) < 4.78 is 5.19. The highest BCUT2D eigenvalue weighted by Crippen LogP contribution is 2.28. The zero-order valence-electron chi connectivity index (χ0n) is 10.7. The number of ether oxygens (including phenoxy) is 1. The number of likely N-dealkylation sites (tertiary alicyclic amines) is 1. The minimum Gasteiger partial charge on any atom is -0.497 e. The fourth-order valence-electron chi connectivity index (χ4n) is 2.52. The van der Waals surface area contributed by atoms with Crippen LogP contribution in [-0.2, 0) is 0 Å². The second kappa shape index (κ2) is 5.52. The van der Waals surface area contributed by atoms with Gasteiger partial charge in [-0.1, -0.05) is 12.1 Å². The molecule has 2 unspecified atom stereocenters. The minimum absolute atomic E-state index is 0.272. The number of nitrogens with two attached hydrogens (primary N) is 1. The number of hydrogen-bond donors (Lipinski definition) is 1. The zero-order chi connectivity index (χ0) is 12.3.